The minimum Gasteiger partial charge on any atom is -0.469 e. The molecule has 0 saturated heterocycles. The van der Waals surface area contributed by atoms with E-state index in [9.17, 15) is 19.3 Å². The molecule has 0 unspecified atom stereocenters. The monoisotopic (exact) mass is 334 g/mol. The molecule has 1 N–H and O–H groups in total. The van der Waals surface area contributed by atoms with Gasteiger partial charge in [-0.1, -0.05) is 15.9 Å². The Bertz CT molecular complexity index is 510. The standard InChI is InChI=1S/C11H12BrFN2O4/c1-6(3-10(16)19-2)14-9-5-7(12)4-8(13)11(9)15(17)18/h4-6,14H,3H2,1-2H3/t6-/m0/s1. The highest BCUT2D eigenvalue weighted by Crippen LogP contribution is 2.32. The molecular formula is C11H12BrFN2O4. The van der Waals surface area contributed by atoms with E-state index in [4.69, 9.17) is 0 Å². The van der Waals surface area contributed by atoms with Crippen molar-refractivity contribution in [1.82, 2.24) is 0 Å². The molecule has 1 atom stereocenters. The molecule has 0 saturated carbocycles. The average Bonchev–Trinajstić information content (AvgIpc) is 2.26. The summed E-state index contributed by atoms with van der Waals surface area (Å²) in [6.07, 6.45) is 0.0157. The highest BCUT2D eigenvalue weighted by molar-refractivity contribution is 9.10. The predicted molar refractivity (Wildman–Crippen MR) is 70.5 cm³/mol. The third-order valence-electron chi connectivity index (χ3n) is 2.31. The molecule has 1 aromatic carbocycles. The molecule has 19 heavy (non-hydrogen) atoms. The second-order valence-electron chi connectivity index (χ2n) is 3.87. The van der Waals surface area contributed by atoms with Crippen LogP contribution in [0.15, 0.2) is 16.6 Å². The lowest BCUT2D eigenvalue weighted by Crippen LogP contribution is -2.21. The summed E-state index contributed by atoms with van der Waals surface area (Å²) < 4.78 is 18.4. The fraction of sp³-hybridized carbons (Fsp3) is 0.364. The van der Waals surface area contributed by atoms with E-state index in [0.717, 1.165) is 6.07 Å². The zero-order chi connectivity index (χ0) is 14.6. The number of nitro benzene ring substituents is 1. The van der Waals surface area contributed by atoms with Crippen LogP contribution in [-0.4, -0.2) is 24.0 Å². The van der Waals surface area contributed by atoms with Crippen LogP contribution in [0.3, 0.4) is 0 Å². The molecule has 6 nitrogen and oxygen atoms in total. The van der Waals surface area contributed by atoms with Gasteiger partial charge in [0.05, 0.1) is 18.5 Å². The molecule has 0 aliphatic rings. The largest absolute Gasteiger partial charge is 0.469 e. The first-order valence-corrected chi connectivity index (χ1v) is 6.11. The molecule has 0 heterocycles. The second kappa shape index (κ2) is 6.46. The first-order valence-electron chi connectivity index (χ1n) is 5.32. The number of hydrogen-bond donors (Lipinski definition) is 1. The number of rotatable bonds is 5. The maximum Gasteiger partial charge on any atom is 0.327 e. The first kappa shape index (κ1) is 15.4. The number of methoxy groups -OCH3 is 1. The highest BCUT2D eigenvalue weighted by atomic mass is 79.9. The van der Waals surface area contributed by atoms with Gasteiger partial charge in [-0.3, -0.25) is 14.9 Å². The lowest BCUT2D eigenvalue weighted by Gasteiger charge is -2.14. The van der Waals surface area contributed by atoms with Crippen LogP contribution in [0.2, 0.25) is 0 Å². The Morgan fingerprint density at radius 3 is 2.79 bits per heavy atom. The highest BCUT2D eigenvalue weighted by Gasteiger charge is 2.23. The molecule has 0 aromatic heterocycles. The summed E-state index contributed by atoms with van der Waals surface area (Å²) in [6, 6.07) is 1.96. The molecule has 0 fully saturated rings. The Morgan fingerprint density at radius 2 is 2.26 bits per heavy atom. The number of anilines is 1. The Morgan fingerprint density at radius 1 is 1.63 bits per heavy atom. The van der Waals surface area contributed by atoms with Gasteiger partial charge in [0.15, 0.2) is 0 Å². The molecule has 1 aromatic rings. The number of carbonyl (C=O) groups is 1. The van der Waals surface area contributed by atoms with E-state index < -0.39 is 28.4 Å². The summed E-state index contributed by atoms with van der Waals surface area (Å²) in [5.74, 6) is -1.41. The van der Waals surface area contributed by atoms with Crippen molar-refractivity contribution in [2.75, 3.05) is 12.4 Å². The molecule has 0 spiro atoms. The minimum absolute atomic E-state index is 0.00766. The molecule has 0 bridgehead atoms. The van der Waals surface area contributed by atoms with Gasteiger partial charge in [0.25, 0.3) is 0 Å². The van der Waals surface area contributed by atoms with Crippen LogP contribution >= 0.6 is 15.9 Å². The van der Waals surface area contributed by atoms with Gasteiger partial charge < -0.3 is 10.1 Å². The molecule has 0 radical (unpaired) electrons. The lowest BCUT2D eigenvalue weighted by atomic mass is 10.2. The van der Waals surface area contributed by atoms with Gasteiger partial charge in [0, 0.05) is 10.5 Å². The fourth-order valence-electron chi connectivity index (χ4n) is 1.51. The van der Waals surface area contributed by atoms with Crippen molar-refractivity contribution in [2.45, 2.75) is 19.4 Å². The van der Waals surface area contributed by atoms with E-state index in [2.05, 4.69) is 26.0 Å². The molecular weight excluding hydrogens is 323 g/mol. The summed E-state index contributed by atoms with van der Waals surface area (Å²) >= 11 is 3.06. The number of nitrogens with one attached hydrogen (secondary N) is 1. The Labute approximate surface area is 117 Å². The number of esters is 1. The van der Waals surface area contributed by atoms with Crippen molar-refractivity contribution in [1.29, 1.82) is 0 Å². The first-order chi connectivity index (χ1) is 8.85. The number of nitro groups is 1. The summed E-state index contributed by atoms with van der Waals surface area (Å²) in [7, 11) is 1.25. The van der Waals surface area contributed by atoms with Crippen LogP contribution in [0.1, 0.15) is 13.3 Å². The van der Waals surface area contributed by atoms with Crippen LogP contribution in [0.25, 0.3) is 0 Å². The molecule has 0 amide bonds. The summed E-state index contributed by atoms with van der Waals surface area (Å²) in [6.45, 7) is 1.64. The third kappa shape index (κ3) is 4.16. The van der Waals surface area contributed by atoms with Gasteiger partial charge in [-0.2, -0.15) is 4.39 Å². The lowest BCUT2D eigenvalue weighted by molar-refractivity contribution is -0.386. The van der Waals surface area contributed by atoms with Crippen molar-refractivity contribution in [2.24, 2.45) is 0 Å². The van der Waals surface area contributed by atoms with E-state index >= 15 is 0 Å². The summed E-state index contributed by atoms with van der Waals surface area (Å²) in [5.41, 5.74) is -0.645. The average molecular weight is 335 g/mol. The Balaban J connectivity index is 2.99. The zero-order valence-corrected chi connectivity index (χ0v) is 11.9. The van der Waals surface area contributed by atoms with Gasteiger partial charge >= 0.3 is 11.7 Å². The molecule has 8 heteroatoms. The maximum atomic E-state index is 13.5. The van der Waals surface area contributed by atoms with E-state index in [1.54, 1.807) is 6.92 Å². The van der Waals surface area contributed by atoms with Crippen LogP contribution in [-0.2, 0) is 9.53 Å². The van der Waals surface area contributed by atoms with Crippen molar-refractivity contribution in [3.05, 3.63) is 32.5 Å². The smallest absolute Gasteiger partial charge is 0.327 e. The van der Waals surface area contributed by atoms with Gasteiger partial charge in [-0.25, -0.2) is 0 Å². The summed E-state index contributed by atoms with van der Waals surface area (Å²) in [5, 5.41) is 13.6. The number of hydrogen-bond acceptors (Lipinski definition) is 5. The maximum absolute atomic E-state index is 13.5. The van der Waals surface area contributed by atoms with E-state index in [1.165, 1.54) is 13.2 Å². The van der Waals surface area contributed by atoms with E-state index in [0.29, 0.717) is 4.47 Å². The summed E-state index contributed by atoms with van der Waals surface area (Å²) in [4.78, 5) is 21.1. The molecule has 0 aliphatic heterocycles. The van der Waals surface area contributed by atoms with Gasteiger partial charge in [0.2, 0.25) is 5.82 Å². The van der Waals surface area contributed by atoms with Crippen LogP contribution < -0.4 is 5.32 Å². The van der Waals surface area contributed by atoms with Gasteiger partial charge in [-0.05, 0) is 19.1 Å². The van der Waals surface area contributed by atoms with Gasteiger partial charge in [0.1, 0.15) is 5.69 Å². The number of benzene rings is 1. The zero-order valence-electron chi connectivity index (χ0n) is 10.3. The van der Waals surface area contributed by atoms with E-state index in [1.807, 2.05) is 0 Å². The number of nitrogens with zero attached hydrogens (tertiary/aromatic N) is 1. The number of ether oxygens (including phenoxy) is 1. The minimum atomic E-state index is -0.952. The SMILES string of the molecule is COC(=O)C[C@H](C)Nc1cc(Br)cc(F)c1[N+](=O)[O-]. The number of halogens is 2. The van der Waals surface area contributed by atoms with Crippen molar-refractivity contribution < 1.29 is 18.8 Å². The van der Waals surface area contributed by atoms with Crippen LogP contribution in [0, 0.1) is 15.9 Å². The molecule has 0 aliphatic carbocycles. The Kier molecular flexibility index (Phi) is 5.22. The van der Waals surface area contributed by atoms with Crippen molar-refractivity contribution >= 4 is 33.3 Å². The van der Waals surface area contributed by atoms with E-state index in [-0.39, 0.29) is 12.1 Å². The van der Waals surface area contributed by atoms with Crippen molar-refractivity contribution in [3.8, 4) is 0 Å². The van der Waals surface area contributed by atoms with Crippen LogP contribution in [0.5, 0.6) is 0 Å². The van der Waals surface area contributed by atoms with Gasteiger partial charge in [-0.15, -0.1) is 0 Å². The normalized spacial score (nSPS) is 11.8. The Hall–Kier alpha value is -1.70. The molecule has 104 valence electrons. The second-order valence-corrected chi connectivity index (χ2v) is 4.78. The topological polar surface area (TPSA) is 81.5 Å². The van der Waals surface area contributed by atoms with Crippen molar-refractivity contribution in [3.63, 3.8) is 0 Å². The fourth-order valence-corrected chi connectivity index (χ4v) is 1.94. The quantitative estimate of drug-likeness (QED) is 0.508. The predicted octanol–water partition coefficient (Wildman–Crippen LogP) is 2.86. The number of carbonyl (C=O) groups excluding carboxylic acids is 1. The van der Waals surface area contributed by atoms with Crippen LogP contribution in [0.4, 0.5) is 15.8 Å². The third-order valence-corrected chi connectivity index (χ3v) is 2.77. The molecule has 1 rings (SSSR count).